The Hall–Kier alpha value is -1.66. The number of benzene rings is 1. The lowest BCUT2D eigenvalue weighted by atomic mass is 10.1. The number of para-hydroxylation sites is 1. The molecule has 0 aliphatic rings. The van der Waals surface area contributed by atoms with Crippen molar-refractivity contribution in [1.29, 1.82) is 0 Å². The Morgan fingerprint density at radius 3 is 2.84 bits per heavy atom. The molecule has 0 aliphatic heterocycles. The van der Waals surface area contributed by atoms with Crippen LogP contribution in [0.15, 0.2) is 24.3 Å². The Morgan fingerprint density at radius 1 is 1.42 bits per heavy atom. The highest BCUT2D eigenvalue weighted by molar-refractivity contribution is 7.80. The average Bonchev–Trinajstić information content (AvgIpc) is 2.38. The predicted molar refractivity (Wildman–Crippen MR) is 80.3 cm³/mol. The van der Waals surface area contributed by atoms with E-state index < -0.39 is 0 Å². The van der Waals surface area contributed by atoms with Crippen molar-refractivity contribution in [2.45, 2.75) is 13.3 Å². The molecular weight excluding hydrogens is 262 g/mol. The summed E-state index contributed by atoms with van der Waals surface area (Å²) >= 11 is 4.78. The molecule has 19 heavy (non-hydrogen) atoms. The molecule has 5 nitrogen and oxygen atoms in total. The standard InChI is InChI=1S/C13H19N3O2S/c1-2-18-9-5-8-15-12(17)10-6-3-4-7-11(10)16-13(14)19/h3-4,6-7H,2,5,8-9H2,1H3,(H,15,17)(H3,14,16,19). The van der Waals surface area contributed by atoms with E-state index >= 15 is 0 Å². The van der Waals surface area contributed by atoms with Crippen LogP contribution in [0.5, 0.6) is 0 Å². The monoisotopic (exact) mass is 281 g/mol. The number of carbonyl (C=O) groups is 1. The summed E-state index contributed by atoms with van der Waals surface area (Å²) in [6.07, 6.45) is 0.782. The number of hydrogen-bond acceptors (Lipinski definition) is 3. The Labute approximate surface area is 118 Å². The van der Waals surface area contributed by atoms with Gasteiger partial charge in [0.1, 0.15) is 0 Å². The summed E-state index contributed by atoms with van der Waals surface area (Å²) in [6, 6.07) is 7.08. The fourth-order valence-corrected chi connectivity index (χ4v) is 1.65. The highest BCUT2D eigenvalue weighted by Gasteiger charge is 2.10. The molecular formula is C13H19N3O2S. The van der Waals surface area contributed by atoms with Crippen LogP contribution in [0.4, 0.5) is 5.69 Å². The molecule has 104 valence electrons. The minimum atomic E-state index is -0.157. The van der Waals surface area contributed by atoms with Crippen molar-refractivity contribution >= 4 is 28.9 Å². The molecule has 4 N–H and O–H groups in total. The second kappa shape index (κ2) is 8.44. The molecule has 0 spiro atoms. The Bertz CT molecular complexity index is 438. The van der Waals surface area contributed by atoms with Crippen LogP contribution in [-0.4, -0.2) is 30.8 Å². The molecule has 1 amide bonds. The van der Waals surface area contributed by atoms with Gasteiger partial charge in [-0.2, -0.15) is 0 Å². The second-order valence-corrected chi connectivity index (χ2v) is 4.28. The first kappa shape index (κ1) is 15.4. The van der Waals surface area contributed by atoms with Gasteiger partial charge in [0.2, 0.25) is 0 Å². The molecule has 0 aromatic heterocycles. The van der Waals surface area contributed by atoms with Gasteiger partial charge in [-0.05, 0) is 37.7 Å². The van der Waals surface area contributed by atoms with Crippen molar-refractivity contribution in [2.75, 3.05) is 25.1 Å². The van der Waals surface area contributed by atoms with Crippen molar-refractivity contribution in [1.82, 2.24) is 5.32 Å². The molecule has 0 heterocycles. The van der Waals surface area contributed by atoms with E-state index in [4.69, 9.17) is 22.7 Å². The molecule has 1 aromatic carbocycles. The maximum absolute atomic E-state index is 12.0. The maximum Gasteiger partial charge on any atom is 0.253 e. The summed E-state index contributed by atoms with van der Waals surface area (Å²) in [5, 5.41) is 5.75. The van der Waals surface area contributed by atoms with E-state index in [1.807, 2.05) is 13.0 Å². The normalized spacial score (nSPS) is 9.95. The van der Waals surface area contributed by atoms with E-state index in [2.05, 4.69) is 10.6 Å². The zero-order chi connectivity index (χ0) is 14.1. The van der Waals surface area contributed by atoms with Gasteiger partial charge in [-0.25, -0.2) is 0 Å². The first-order chi connectivity index (χ1) is 9.15. The number of hydrogen-bond donors (Lipinski definition) is 3. The van der Waals surface area contributed by atoms with E-state index in [1.165, 1.54) is 0 Å². The quantitative estimate of drug-likeness (QED) is 0.521. The van der Waals surface area contributed by atoms with Crippen molar-refractivity contribution in [3.8, 4) is 0 Å². The zero-order valence-electron chi connectivity index (χ0n) is 10.9. The number of carbonyl (C=O) groups excluding carboxylic acids is 1. The van der Waals surface area contributed by atoms with Crippen molar-refractivity contribution in [3.63, 3.8) is 0 Å². The molecule has 0 saturated carbocycles. The van der Waals surface area contributed by atoms with Crippen molar-refractivity contribution < 1.29 is 9.53 Å². The van der Waals surface area contributed by atoms with Crippen molar-refractivity contribution in [2.24, 2.45) is 5.73 Å². The lowest BCUT2D eigenvalue weighted by Gasteiger charge is -2.11. The molecule has 0 bridgehead atoms. The molecule has 0 aliphatic carbocycles. The number of rotatable bonds is 7. The van der Waals surface area contributed by atoms with Crippen LogP contribution in [0.2, 0.25) is 0 Å². The number of nitrogens with one attached hydrogen (secondary N) is 2. The van der Waals surface area contributed by atoms with E-state index in [0.717, 1.165) is 6.42 Å². The third-order valence-electron chi connectivity index (χ3n) is 2.38. The van der Waals surface area contributed by atoms with Gasteiger partial charge in [-0.3, -0.25) is 4.79 Å². The summed E-state index contributed by atoms with van der Waals surface area (Å²) < 4.78 is 5.20. The van der Waals surface area contributed by atoms with Crippen LogP contribution in [0.25, 0.3) is 0 Å². The zero-order valence-corrected chi connectivity index (χ0v) is 11.8. The van der Waals surface area contributed by atoms with Crippen molar-refractivity contribution in [3.05, 3.63) is 29.8 Å². The first-order valence-corrected chi connectivity index (χ1v) is 6.57. The van der Waals surface area contributed by atoms with Crippen LogP contribution in [0, 0.1) is 0 Å². The minimum Gasteiger partial charge on any atom is -0.382 e. The lowest BCUT2D eigenvalue weighted by Crippen LogP contribution is -2.27. The summed E-state index contributed by atoms with van der Waals surface area (Å²) in [4.78, 5) is 12.0. The molecule has 1 rings (SSSR count). The Kier molecular flexibility index (Phi) is 6.84. The molecule has 6 heteroatoms. The van der Waals surface area contributed by atoms with Gasteiger partial charge >= 0.3 is 0 Å². The van der Waals surface area contributed by atoms with E-state index in [9.17, 15) is 4.79 Å². The summed E-state index contributed by atoms with van der Waals surface area (Å²) in [6.45, 7) is 3.84. The highest BCUT2D eigenvalue weighted by Crippen LogP contribution is 2.14. The fourth-order valence-electron chi connectivity index (χ4n) is 1.54. The fraction of sp³-hybridized carbons (Fsp3) is 0.385. The maximum atomic E-state index is 12.0. The van der Waals surface area contributed by atoms with Gasteiger partial charge in [0, 0.05) is 19.8 Å². The third kappa shape index (κ3) is 5.67. The van der Waals surface area contributed by atoms with E-state index in [-0.39, 0.29) is 11.0 Å². The van der Waals surface area contributed by atoms with Gasteiger partial charge in [0.05, 0.1) is 11.3 Å². The molecule has 0 radical (unpaired) electrons. The van der Waals surface area contributed by atoms with E-state index in [0.29, 0.717) is 31.0 Å². The molecule has 0 unspecified atom stereocenters. The van der Waals surface area contributed by atoms with E-state index in [1.54, 1.807) is 18.2 Å². The van der Waals surface area contributed by atoms with Gasteiger partial charge < -0.3 is 21.1 Å². The number of amides is 1. The van der Waals surface area contributed by atoms with Crippen LogP contribution in [0.1, 0.15) is 23.7 Å². The van der Waals surface area contributed by atoms with Crippen LogP contribution in [0.3, 0.4) is 0 Å². The summed E-state index contributed by atoms with van der Waals surface area (Å²) in [5.41, 5.74) is 6.55. The summed E-state index contributed by atoms with van der Waals surface area (Å²) in [7, 11) is 0. The largest absolute Gasteiger partial charge is 0.382 e. The van der Waals surface area contributed by atoms with Gasteiger partial charge in [-0.1, -0.05) is 12.1 Å². The van der Waals surface area contributed by atoms with Crippen LogP contribution in [-0.2, 0) is 4.74 Å². The number of anilines is 1. The molecule has 0 fully saturated rings. The van der Waals surface area contributed by atoms with Gasteiger partial charge in [0.15, 0.2) is 5.11 Å². The van der Waals surface area contributed by atoms with Crippen LogP contribution >= 0.6 is 12.2 Å². The third-order valence-corrected chi connectivity index (χ3v) is 2.49. The highest BCUT2D eigenvalue weighted by atomic mass is 32.1. The number of ether oxygens (including phenoxy) is 1. The average molecular weight is 281 g/mol. The molecule has 0 saturated heterocycles. The second-order valence-electron chi connectivity index (χ2n) is 3.84. The topological polar surface area (TPSA) is 76.4 Å². The molecule has 1 aromatic rings. The lowest BCUT2D eigenvalue weighted by molar-refractivity contribution is 0.0945. The minimum absolute atomic E-state index is 0.136. The smallest absolute Gasteiger partial charge is 0.253 e. The van der Waals surface area contributed by atoms with Crippen LogP contribution < -0.4 is 16.4 Å². The molecule has 0 atom stereocenters. The Balaban J connectivity index is 2.54. The summed E-state index contributed by atoms with van der Waals surface area (Å²) in [5.74, 6) is -0.157. The predicted octanol–water partition coefficient (Wildman–Crippen LogP) is 1.50. The Morgan fingerprint density at radius 2 is 2.16 bits per heavy atom. The number of thiocarbonyl (C=S) groups is 1. The number of nitrogens with two attached hydrogens (primary N) is 1. The van der Waals surface area contributed by atoms with Gasteiger partial charge in [-0.15, -0.1) is 0 Å². The SMILES string of the molecule is CCOCCCNC(=O)c1ccccc1NC(N)=S. The first-order valence-electron chi connectivity index (χ1n) is 6.16. The van der Waals surface area contributed by atoms with Gasteiger partial charge in [0.25, 0.3) is 5.91 Å².